The number of para-hydroxylation sites is 1. The number of fused-ring (bicyclic) bond motifs is 1. The van der Waals surface area contributed by atoms with E-state index in [1.807, 2.05) is 31.2 Å². The molecular formula is C12H11NO3. The second kappa shape index (κ2) is 4.18. The van der Waals surface area contributed by atoms with E-state index in [1.165, 1.54) is 0 Å². The highest BCUT2D eigenvalue weighted by molar-refractivity contribution is 5.85. The summed E-state index contributed by atoms with van der Waals surface area (Å²) >= 11 is 0. The molecule has 16 heavy (non-hydrogen) atoms. The summed E-state index contributed by atoms with van der Waals surface area (Å²) in [7, 11) is 0. The summed E-state index contributed by atoms with van der Waals surface area (Å²) in [6.45, 7) is 1.51. The van der Waals surface area contributed by atoms with Crippen molar-refractivity contribution in [1.82, 2.24) is 4.98 Å². The molecule has 2 aromatic rings. The minimum absolute atomic E-state index is 0.340. The van der Waals surface area contributed by atoms with Gasteiger partial charge in [-0.2, -0.15) is 0 Å². The van der Waals surface area contributed by atoms with Gasteiger partial charge in [-0.1, -0.05) is 12.1 Å². The Hall–Kier alpha value is -2.10. The van der Waals surface area contributed by atoms with Crippen LogP contribution in [0.2, 0.25) is 0 Å². The summed E-state index contributed by atoms with van der Waals surface area (Å²) in [4.78, 5) is 14.8. The number of carboxylic acids is 1. The number of aryl methyl sites for hydroxylation is 1. The van der Waals surface area contributed by atoms with Gasteiger partial charge in [0, 0.05) is 17.1 Å². The van der Waals surface area contributed by atoms with E-state index in [1.54, 1.807) is 6.07 Å². The van der Waals surface area contributed by atoms with Crippen molar-refractivity contribution in [2.75, 3.05) is 6.61 Å². The van der Waals surface area contributed by atoms with E-state index in [0.29, 0.717) is 5.75 Å². The first kappa shape index (κ1) is 10.4. The summed E-state index contributed by atoms with van der Waals surface area (Å²) in [6, 6.07) is 9.23. The van der Waals surface area contributed by atoms with Crippen LogP contribution in [0.5, 0.6) is 5.75 Å². The van der Waals surface area contributed by atoms with Gasteiger partial charge in [0.25, 0.3) is 0 Å². The summed E-state index contributed by atoms with van der Waals surface area (Å²) in [5.41, 5.74) is 1.61. The monoisotopic (exact) mass is 217 g/mol. The van der Waals surface area contributed by atoms with Crippen LogP contribution in [0.4, 0.5) is 0 Å². The lowest BCUT2D eigenvalue weighted by Gasteiger charge is -2.07. The second-order valence-electron chi connectivity index (χ2n) is 3.46. The molecule has 0 saturated carbocycles. The van der Waals surface area contributed by atoms with E-state index in [2.05, 4.69) is 4.98 Å². The molecule has 0 atom stereocenters. The Morgan fingerprint density at radius 2 is 2.19 bits per heavy atom. The Labute approximate surface area is 92.5 Å². The highest BCUT2D eigenvalue weighted by Crippen LogP contribution is 2.24. The van der Waals surface area contributed by atoms with Crippen molar-refractivity contribution in [2.24, 2.45) is 0 Å². The van der Waals surface area contributed by atoms with Gasteiger partial charge >= 0.3 is 5.97 Å². The fourth-order valence-corrected chi connectivity index (χ4v) is 1.53. The normalized spacial score (nSPS) is 10.3. The average molecular weight is 217 g/mol. The molecule has 1 aromatic carbocycles. The van der Waals surface area contributed by atoms with Gasteiger partial charge in [0.1, 0.15) is 5.75 Å². The molecular weight excluding hydrogens is 206 g/mol. The number of pyridine rings is 1. The molecule has 0 fully saturated rings. The van der Waals surface area contributed by atoms with E-state index in [-0.39, 0.29) is 6.61 Å². The van der Waals surface area contributed by atoms with E-state index in [4.69, 9.17) is 9.84 Å². The third-order valence-corrected chi connectivity index (χ3v) is 2.16. The Morgan fingerprint density at radius 3 is 2.94 bits per heavy atom. The van der Waals surface area contributed by atoms with Crippen LogP contribution in [0.15, 0.2) is 30.3 Å². The molecule has 1 heterocycles. The van der Waals surface area contributed by atoms with Gasteiger partial charge in [0.05, 0.1) is 5.52 Å². The predicted molar refractivity (Wildman–Crippen MR) is 59.6 cm³/mol. The van der Waals surface area contributed by atoms with Gasteiger partial charge in [-0.15, -0.1) is 0 Å². The van der Waals surface area contributed by atoms with Crippen molar-refractivity contribution in [3.8, 4) is 5.75 Å². The van der Waals surface area contributed by atoms with Crippen LogP contribution in [0, 0.1) is 6.92 Å². The molecule has 0 aliphatic rings. The lowest BCUT2D eigenvalue weighted by molar-refractivity contribution is -0.139. The third-order valence-electron chi connectivity index (χ3n) is 2.16. The molecule has 4 nitrogen and oxygen atoms in total. The zero-order valence-corrected chi connectivity index (χ0v) is 8.80. The number of ether oxygens (including phenoxy) is 1. The first-order chi connectivity index (χ1) is 7.66. The maximum absolute atomic E-state index is 10.5. The zero-order chi connectivity index (χ0) is 11.5. The maximum Gasteiger partial charge on any atom is 0.341 e. The molecule has 0 aliphatic carbocycles. The van der Waals surface area contributed by atoms with Gasteiger partial charge in [0.2, 0.25) is 0 Å². The maximum atomic E-state index is 10.5. The summed E-state index contributed by atoms with van der Waals surface area (Å²) in [5.74, 6) is -0.427. The molecule has 82 valence electrons. The van der Waals surface area contributed by atoms with Crippen molar-refractivity contribution in [1.29, 1.82) is 0 Å². The second-order valence-corrected chi connectivity index (χ2v) is 3.46. The van der Waals surface area contributed by atoms with Gasteiger partial charge in [-0.05, 0) is 19.1 Å². The zero-order valence-electron chi connectivity index (χ0n) is 8.80. The first-order valence-electron chi connectivity index (χ1n) is 4.88. The average Bonchev–Trinajstić information content (AvgIpc) is 2.25. The molecule has 0 radical (unpaired) electrons. The van der Waals surface area contributed by atoms with Crippen LogP contribution in [0.3, 0.4) is 0 Å². The number of rotatable bonds is 3. The number of hydrogen-bond donors (Lipinski definition) is 1. The van der Waals surface area contributed by atoms with Crippen molar-refractivity contribution in [2.45, 2.75) is 6.92 Å². The molecule has 4 heteroatoms. The quantitative estimate of drug-likeness (QED) is 0.854. The highest BCUT2D eigenvalue weighted by Gasteiger charge is 2.06. The molecule has 0 amide bonds. The van der Waals surface area contributed by atoms with E-state index < -0.39 is 5.97 Å². The number of carbonyl (C=O) groups is 1. The minimum Gasteiger partial charge on any atom is -0.481 e. The number of aliphatic carboxylic acids is 1. The Kier molecular flexibility index (Phi) is 2.72. The number of carboxylic acid groups (broad SMARTS) is 1. The van der Waals surface area contributed by atoms with Crippen LogP contribution in [0.25, 0.3) is 10.9 Å². The van der Waals surface area contributed by atoms with E-state index in [0.717, 1.165) is 16.6 Å². The SMILES string of the molecule is Cc1cc(OCC(=O)O)c2ccccc2n1. The Bertz CT molecular complexity index is 537. The predicted octanol–water partition coefficient (Wildman–Crippen LogP) is 2.01. The van der Waals surface area contributed by atoms with Crippen LogP contribution in [-0.4, -0.2) is 22.7 Å². The molecule has 1 aromatic heterocycles. The molecule has 1 N–H and O–H groups in total. The van der Waals surface area contributed by atoms with E-state index in [9.17, 15) is 4.79 Å². The molecule has 0 bridgehead atoms. The number of aromatic nitrogens is 1. The van der Waals surface area contributed by atoms with Crippen LogP contribution in [0.1, 0.15) is 5.69 Å². The van der Waals surface area contributed by atoms with Crippen LogP contribution in [-0.2, 0) is 4.79 Å². The topological polar surface area (TPSA) is 59.4 Å². The largest absolute Gasteiger partial charge is 0.481 e. The van der Waals surface area contributed by atoms with Crippen LogP contribution >= 0.6 is 0 Å². The first-order valence-corrected chi connectivity index (χ1v) is 4.88. The third kappa shape index (κ3) is 2.11. The van der Waals surface area contributed by atoms with Gasteiger partial charge in [-0.3, -0.25) is 4.98 Å². The number of benzene rings is 1. The minimum atomic E-state index is -0.987. The molecule has 2 rings (SSSR count). The molecule has 0 spiro atoms. The summed E-state index contributed by atoms with van der Waals surface area (Å²) in [5, 5.41) is 9.40. The van der Waals surface area contributed by atoms with Gasteiger partial charge in [-0.25, -0.2) is 4.79 Å². The van der Waals surface area contributed by atoms with Crippen LogP contribution < -0.4 is 4.74 Å². The molecule has 0 unspecified atom stereocenters. The van der Waals surface area contributed by atoms with Crippen molar-refractivity contribution in [3.63, 3.8) is 0 Å². The summed E-state index contributed by atoms with van der Waals surface area (Å²) < 4.78 is 5.22. The van der Waals surface area contributed by atoms with Crippen molar-refractivity contribution in [3.05, 3.63) is 36.0 Å². The van der Waals surface area contributed by atoms with Crippen molar-refractivity contribution < 1.29 is 14.6 Å². The Morgan fingerprint density at radius 1 is 1.44 bits per heavy atom. The lowest BCUT2D eigenvalue weighted by atomic mass is 10.2. The van der Waals surface area contributed by atoms with Crippen molar-refractivity contribution >= 4 is 16.9 Å². The van der Waals surface area contributed by atoms with Gasteiger partial charge < -0.3 is 9.84 Å². The van der Waals surface area contributed by atoms with Gasteiger partial charge in [0.15, 0.2) is 6.61 Å². The summed E-state index contributed by atoms with van der Waals surface area (Å²) in [6.07, 6.45) is 0. The molecule has 0 saturated heterocycles. The number of hydrogen-bond acceptors (Lipinski definition) is 3. The fraction of sp³-hybridized carbons (Fsp3) is 0.167. The smallest absolute Gasteiger partial charge is 0.341 e. The van der Waals surface area contributed by atoms with E-state index >= 15 is 0 Å². The number of nitrogens with zero attached hydrogens (tertiary/aromatic N) is 1. The highest BCUT2D eigenvalue weighted by atomic mass is 16.5. The standard InChI is InChI=1S/C12H11NO3/c1-8-6-11(16-7-12(14)15)9-4-2-3-5-10(9)13-8/h2-6H,7H2,1H3,(H,14,15). The Balaban J connectivity index is 2.46. The fourth-order valence-electron chi connectivity index (χ4n) is 1.53. The molecule has 0 aliphatic heterocycles. The lowest BCUT2D eigenvalue weighted by Crippen LogP contribution is -2.09.